The highest BCUT2D eigenvalue weighted by molar-refractivity contribution is 6.99. The zero-order chi connectivity index (χ0) is 38.3. The average molecular weight is 738 g/mol. The number of nitrogens with zero attached hydrogens (tertiary/aromatic N) is 3. The number of likely N-dealkylation sites (tertiary alicyclic amines) is 1. The summed E-state index contributed by atoms with van der Waals surface area (Å²) < 4.78 is 7.78. The first-order valence-electron chi connectivity index (χ1n) is 19.5. The van der Waals surface area contributed by atoms with Gasteiger partial charge in [0.15, 0.2) is 0 Å². The second-order valence-electron chi connectivity index (χ2n) is 16.7. The maximum atomic E-state index is 15.4. The number of aromatic nitrogens is 1. The minimum Gasteiger partial charge on any atom is -0.403 e. The lowest BCUT2D eigenvalue weighted by atomic mass is 9.77. The molecule has 4 aromatic carbocycles. The third kappa shape index (κ3) is 6.94. The van der Waals surface area contributed by atoms with Crippen molar-refractivity contribution >= 4 is 30.3 Å². The Bertz CT molecular complexity index is 1980. The van der Waals surface area contributed by atoms with Crippen LogP contribution < -0.4 is 15.3 Å². The molecule has 0 radical (unpaired) electrons. The van der Waals surface area contributed by atoms with E-state index in [4.69, 9.17) is 4.43 Å². The van der Waals surface area contributed by atoms with Crippen LogP contribution in [-0.4, -0.2) is 61.0 Å². The standard InChI is InChI=1S/C47H55N3O3Si/c1-33-24-34(2)27-37(26-33)47(52,38-28-35(3)25-36(4)29-38)44-30-39(32-50(44)45(51)42-31-48-21-20-43(42)49-22-14-15-23-49)53-54(46(5,6)7,40-16-10-8-11-17-40)41-18-12-9-13-19-41/h8-13,16-21,24-29,31,39,44,52H,14-15,22-23,30,32H2,1-7H3. The van der Waals surface area contributed by atoms with E-state index in [1.807, 2.05) is 11.0 Å². The van der Waals surface area contributed by atoms with Crippen molar-refractivity contribution in [3.05, 3.63) is 154 Å². The van der Waals surface area contributed by atoms with Crippen molar-refractivity contribution < 1.29 is 14.3 Å². The van der Waals surface area contributed by atoms with Gasteiger partial charge in [0.1, 0.15) is 5.60 Å². The van der Waals surface area contributed by atoms with Gasteiger partial charge in [0.05, 0.1) is 23.4 Å². The molecule has 2 aliphatic heterocycles. The normalized spacial score (nSPS) is 18.0. The van der Waals surface area contributed by atoms with Crippen molar-refractivity contribution in [2.24, 2.45) is 0 Å². The van der Waals surface area contributed by atoms with Crippen molar-refractivity contribution in [1.82, 2.24) is 9.88 Å². The van der Waals surface area contributed by atoms with Crippen LogP contribution in [0.2, 0.25) is 5.04 Å². The minimum atomic E-state index is -3.01. The van der Waals surface area contributed by atoms with Crippen LogP contribution in [0, 0.1) is 27.7 Å². The van der Waals surface area contributed by atoms with Gasteiger partial charge >= 0.3 is 0 Å². The van der Waals surface area contributed by atoms with Crippen molar-refractivity contribution in [2.75, 3.05) is 24.5 Å². The van der Waals surface area contributed by atoms with Crippen LogP contribution in [0.3, 0.4) is 0 Å². The first-order chi connectivity index (χ1) is 25.8. The molecule has 0 bridgehead atoms. The van der Waals surface area contributed by atoms with Crippen LogP contribution in [0.15, 0.2) is 116 Å². The number of amides is 1. The monoisotopic (exact) mass is 737 g/mol. The number of carbonyl (C=O) groups is 1. The largest absolute Gasteiger partial charge is 0.403 e. The fourth-order valence-corrected chi connectivity index (χ4v) is 14.0. The quantitative estimate of drug-likeness (QED) is 0.155. The zero-order valence-corrected chi connectivity index (χ0v) is 34.0. The lowest BCUT2D eigenvalue weighted by Gasteiger charge is -2.44. The predicted molar refractivity (Wildman–Crippen MR) is 222 cm³/mol. The maximum absolute atomic E-state index is 15.4. The molecule has 0 saturated carbocycles. The minimum absolute atomic E-state index is 0.129. The van der Waals surface area contributed by atoms with Crippen LogP contribution in [0.25, 0.3) is 0 Å². The molecule has 1 N–H and O–H groups in total. The summed E-state index contributed by atoms with van der Waals surface area (Å²) in [6, 6.07) is 35.3. The fourth-order valence-electron chi connectivity index (χ4n) is 9.33. The van der Waals surface area contributed by atoms with E-state index < -0.39 is 20.0 Å². The van der Waals surface area contributed by atoms with Gasteiger partial charge in [-0.05, 0) is 79.6 Å². The Kier molecular flexibility index (Phi) is 10.4. The van der Waals surface area contributed by atoms with Gasteiger partial charge in [0.25, 0.3) is 14.2 Å². The van der Waals surface area contributed by atoms with E-state index in [1.54, 1.807) is 12.4 Å². The number of hydrogen-bond donors (Lipinski definition) is 1. The molecule has 7 heteroatoms. The molecule has 0 aliphatic carbocycles. The maximum Gasteiger partial charge on any atom is 0.261 e. The van der Waals surface area contributed by atoms with Gasteiger partial charge in [0, 0.05) is 32.0 Å². The molecule has 2 atom stereocenters. The number of aliphatic hydroxyl groups is 1. The smallest absolute Gasteiger partial charge is 0.261 e. The second-order valence-corrected chi connectivity index (χ2v) is 21.0. The van der Waals surface area contributed by atoms with E-state index in [0.29, 0.717) is 18.5 Å². The number of aryl methyl sites for hydroxylation is 4. The van der Waals surface area contributed by atoms with Gasteiger partial charge in [-0.15, -0.1) is 0 Å². The zero-order valence-electron chi connectivity index (χ0n) is 33.0. The molecule has 5 aromatic rings. The van der Waals surface area contributed by atoms with E-state index in [9.17, 15) is 5.11 Å². The Morgan fingerprint density at radius 2 is 1.26 bits per heavy atom. The Morgan fingerprint density at radius 3 is 1.74 bits per heavy atom. The Hall–Kier alpha value is -4.56. The molecule has 2 fully saturated rings. The molecule has 1 amide bonds. The number of carbonyl (C=O) groups excluding carboxylic acids is 1. The summed E-state index contributed by atoms with van der Waals surface area (Å²) in [4.78, 5) is 24.1. The van der Waals surface area contributed by atoms with Crippen molar-refractivity contribution in [2.45, 2.75) is 90.5 Å². The van der Waals surface area contributed by atoms with Gasteiger partial charge in [-0.25, -0.2) is 0 Å². The Morgan fingerprint density at radius 1 is 0.759 bits per heavy atom. The molecule has 6 nitrogen and oxygen atoms in total. The highest BCUT2D eigenvalue weighted by Crippen LogP contribution is 2.45. The summed E-state index contributed by atoms with van der Waals surface area (Å²) in [6.45, 7) is 17.3. The van der Waals surface area contributed by atoms with E-state index >= 15 is 4.79 Å². The molecule has 7 rings (SSSR count). The molecule has 54 heavy (non-hydrogen) atoms. The van der Waals surface area contributed by atoms with E-state index in [2.05, 4.69) is 155 Å². The molecular weight excluding hydrogens is 683 g/mol. The third-order valence-electron chi connectivity index (χ3n) is 11.6. The number of benzene rings is 4. The van der Waals surface area contributed by atoms with Crippen LogP contribution in [0.5, 0.6) is 0 Å². The molecule has 2 saturated heterocycles. The first-order valence-corrected chi connectivity index (χ1v) is 21.4. The molecular formula is C47H55N3O3Si. The number of hydrogen-bond acceptors (Lipinski definition) is 5. The van der Waals surface area contributed by atoms with Gasteiger partial charge in [-0.3, -0.25) is 9.78 Å². The lowest BCUT2D eigenvalue weighted by Crippen LogP contribution is -2.67. The molecule has 2 unspecified atom stereocenters. The molecule has 0 spiro atoms. The van der Waals surface area contributed by atoms with Gasteiger partial charge in [-0.2, -0.15) is 0 Å². The number of pyridine rings is 1. The van der Waals surface area contributed by atoms with Gasteiger partial charge in [-0.1, -0.05) is 140 Å². The number of rotatable bonds is 9. The summed E-state index contributed by atoms with van der Waals surface area (Å²) in [5.41, 5.74) is 5.75. The van der Waals surface area contributed by atoms with E-state index in [1.165, 1.54) is 10.4 Å². The van der Waals surface area contributed by atoms with Crippen LogP contribution in [-0.2, 0) is 10.0 Å². The summed E-state index contributed by atoms with van der Waals surface area (Å²) in [5, 5.41) is 15.9. The summed E-state index contributed by atoms with van der Waals surface area (Å²) in [6.07, 6.45) is 5.77. The van der Waals surface area contributed by atoms with Crippen LogP contribution >= 0.6 is 0 Å². The van der Waals surface area contributed by atoms with Crippen molar-refractivity contribution in [1.29, 1.82) is 0 Å². The summed E-state index contributed by atoms with van der Waals surface area (Å²) >= 11 is 0. The fraction of sp³-hybridized carbons (Fsp3) is 0.362. The molecule has 3 heterocycles. The highest BCUT2D eigenvalue weighted by atomic mass is 28.4. The Labute approximate surface area is 323 Å². The van der Waals surface area contributed by atoms with Gasteiger partial charge < -0.3 is 19.3 Å². The van der Waals surface area contributed by atoms with Crippen molar-refractivity contribution in [3.8, 4) is 0 Å². The van der Waals surface area contributed by atoms with Gasteiger partial charge in [0.2, 0.25) is 0 Å². The Balaban J connectivity index is 1.43. The van der Waals surface area contributed by atoms with E-state index in [-0.39, 0.29) is 17.0 Å². The van der Waals surface area contributed by atoms with E-state index in [0.717, 1.165) is 65.0 Å². The SMILES string of the molecule is Cc1cc(C)cc(C(O)(c2cc(C)cc(C)c2)C2CC(O[Si](c3ccccc3)(c3ccccc3)C(C)(C)C)CN2C(=O)c2cnccc2N2CCCC2)c1. The van der Waals surface area contributed by atoms with Crippen LogP contribution in [0.1, 0.15) is 83.8 Å². The third-order valence-corrected chi connectivity index (χ3v) is 16.7. The summed E-state index contributed by atoms with van der Waals surface area (Å²) in [7, 11) is -3.01. The second kappa shape index (κ2) is 14.9. The topological polar surface area (TPSA) is 65.9 Å². The van der Waals surface area contributed by atoms with Crippen LogP contribution in [0.4, 0.5) is 5.69 Å². The highest BCUT2D eigenvalue weighted by Gasteiger charge is 2.56. The summed E-state index contributed by atoms with van der Waals surface area (Å²) in [5.74, 6) is -0.129. The molecule has 1 aromatic heterocycles. The predicted octanol–water partition coefficient (Wildman–Crippen LogP) is 8.01. The first kappa shape index (κ1) is 37.7. The molecule has 280 valence electrons. The lowest BCUT2D eigenvalue weighted by molar-refractivity contribution is -0.00116. The average Bonchev–Trinajstić information content (AvgIpc) is 3.84. The molecule has 2 aliphatic rings. The number of anilines is 1. The van der Waals surface area contributed by atoms with Crippen molar-refractivity contribution in [3.63, 3.8) is 0 Å².